The van der Waals surface area contributed by atoms with Crippen LogP contribution in [0.1, 0.15) is 37.0 Å². The molecule has 8 nitrogen and oxygen atoms in total. The van der Waals surface area contributed by atoms with Crippen LogP contribution in [-0.4, -0.2) is 57.0 Å². The predicted molar refractivity (Wildman–Crippen MR) is 127 cm³/mol. The molecule has 0 radical (unpaired) electrons. The molecule has 2 amide bonds. The van der Waals surface area contributed by atoms with Crippen molar-refractivity contribution in [1.29, 1.82) is 0 Å². The number of carbonyl (C=O) groups is 2. The molecule has 176 valence electrons. The molecular weight excluding hydrogens is 446 g/mol. The molecule has 2 aliphatic rings. The van der Waals surface area contributed by atoms with E-state index in [1.165, 1.54) is 7.11 Å². The van der Waals surface area contributed by atoms with Crippen molar-refractivity contribution in [2.45, 2.75) is 32.7 Å². The number of nitrogens with zero attached hydrogens (tertiary/aromatic N) is 2. The van der Waals surface area contributed by atoms with Crippen LogP contribution < -0.4 is 10.2 Å². The Labute approximate surface area is 197 Å². The molecule has 1 fully saturated rings. The lowest BCUT2D eigenvalue weighted by Gasteiger charge is -2.36. The van der Waals surface area contributed by atoms with Crippen LogP contribution in [0.25, 0.3) is 11.0 Å². The number of hydrogen-bond acceptors (Lipinski definition) is 6. The minimum Gasteiger partial charge on any atom is -0.500 e. The third-order valence-corrected chi connectivity index (χ3v) is 6.55. The van der Waals surface area contributed by atoms with Crippen LogP contribution in [-0.2, 0) is 14.3 Å². The maximum Gasteiger partial charge on any atom is 0.258 e. The molecule has 0 saturated carbocycles. The SMILES string of the molecule is CCN(c1cc2occc2c(C(=O)NCC2C(=O)N=C(C)C=C2OC)c1Cl)C1CCOCC1. The van der Waals surface area contributed by atoms with Crippen LogP contribution in [0.3, 0.4) is 0 Å². The number of halogens is 1. The standard InChI is InChI=1S/C24H28ClN3O5/c1-4-28(15-5-8-32-9-6-15)18-12-20-16(7-10-33-20)21(22(18)25)24(30)26-13-17-19(31-3)11-14(2)27-23(17)29/h7,10-12,15,17H,4-6,8-9,13H2,1-3H3,(H,26,30). The molecule has 1 aromatic carbocycles. The van der Waals surface area contributed by atoms with Gasteiger partial charge in [-0.15, -0.1) is 0 Å². The quantitative estimate of drug-likeness (QED) is 0.654. The third kappa shape index (κ3) is 4.63. The lowest BCUT2D eigenvalue weighted by molar-refractivity contribution is -0.121. The van der Waals surface area contributed by atoms with Gasteiger partial charge in [0.2, 0.25) is 0 Å². The maximum atomic E-state index is 13.3. The van der Waals surface area contributed by atoms with Crippen molar-refractivity contribution >= 4 is 45.8 Å². The van der Waals surface area contributed by atoms with Gasteiger partial charge in [0.25, 0.3) is 11.8 Å². The summed E-state index contributed by atoms with van der Waals surface area (Å²) in [6, 6.07) is 3.88. The summed E-state index contributed by atoms with van der Waals surface area (Å²) in [4.78, 5) is 31.9. The molecule has 3 heterocycles. The first-order chi connectivity index (χ1) is 15.9. The normalized spacial score (nSPS) is 19.3. The number of benzene rings is 1. The molecular formula is C24H28ClN3O5. The largest absolute Gasteiger partial charge is 0.500 e. The third-order valence-electron chi connectivity index (χ3n) is 6.17. The molecule has 33 heavy (non-hydrogen) atoms. The molecule has 0 spiro atoms. The first kappa shape index (κ1) is 23.3. The Morgan fingerprint density at radius 3 is 2.82 bits per heavy atom. The van der Waals surface area contributed by atoms with Crippen LogP contribution in [0.5, 0.6) is 0 Å². The molecule has 9 heteroatoms. The Kier molecular flexibility index (Phi) is 7.05. The summed E-state index contributed by atoms with van der Waals surface area (Å²) >= 11 is 6.86. The van der Waals surface area contributed by atoms with Crippen molar-refractivity contribution in [3.05, 3.63) is 40.8 Å². The van der Waals surface area contributed by atoms with Gasteiger partial charge in [0.05, 0.1) is 29.6 Å². The van der Waals surface area contributed by atoms with Crippen molar-refractivity contribution in [2.75, 3.05) is 38.3 Å². The second kappa shape index (κ2) is 9.97. The van der Waals surface area contributed by atoms with E-state index in [1.54, 1.807) is 25.3 Å². The van der Waals surface area contributed by atoms with Crippen LogP contribution in [0.4, 0.5) is 5.69 Å². The smallest absolute Gasteiger partial charge is 0.258 e. The fourth-order valence-electron chi connectivity index (χ4n) is 4.51. The topological polar surface area (TPSA) is 93.4 Å². The number of carbonyl (C=O) groups excluding carboxylic acids is 2. The van der Waals surface area contributed by atoms with Gasteiger partial charge in [-0.2, -0.15) is 0 Å². The van der Waals surface area contributed by atoms with E-state index in [0.29, 0.717) is 46.2 Å². The summed E-state index contributed by atoms with van der Waals surface area (Å²) in [5.41, 5.74) is 2.24. The first-order valence-corrected chi connectivity index (χ1v) is 11.5. The highest BCUT2D eigenvalue weighted by atomic mass is 35.5. The number of methoxy groups -OCH3 is 1. The Morgan fingerprint density at radius 1 is 1.36 bits per heavy atom. The van der Waals surface area contributed by atoms with Gasteiger partial charge < -0.3 is 24.1 Å². The number of ether oxygens (including phenoxy) is 2. The number of aliphatic imine (C=N–C) groups is 1. The van der Waals surface area contributed by atoms with Crippen molar-refractivity contribution in [3.8, 4) is 0 Å². The Morgan fingerprint density at radius 2 is 2.12 bits per heavy atom. The van der Waals surface area contributed by atoms with Crippen LogP contribution in [0, 0.1) is 5.92 Å². The van der Waals surface area contributed by atoms with Gasteiger partial charge in [0, 0.05) is 49.5 Å². The fourth-order valence-corrected chi connectivity index (χ4v) is 4.86. The summed E-state index contributed by atoms with van der Waals surface area (Å²) < 4.78 is 16.5. The molecule has 0 bridgehead atoms. The zero-order valence-electron chi connectivity index (χ0n) is 19.0. The van der Waals surface area contributed by atoms with E-state index in [-0.39, 0.29) is 24.4 Å². The second-order valence-corrected chi connectivity index (χ2v) is 8.53. The van der Waals surface area contributed by atoms with E-state index in [0.717, 1.165) is 25.1 Å². The zero-order chi connectivity index (χ0) is 23.5. The number of fused-ring (bicyclic) bond motifs is 1. The summed E-state index contributed by atoms with van der Waals surface area (Å²) in [5, 5.41) is 3.83. The highest BCUT2D eigenvalue weighted by molar-refractivity contribution is 6.38. The molecule has 2 aliphatic heterocycles. The number of allylic oxidation sites excluding steroid dienone is 1. The van der Waals surface area contributed by atoms with Crippen molar-refractivity contribution in [1.82, 2.24) is 5.32 Å². The minimum atomic E-state index is -0.682. The molecule has 1 atom stereocenters. The Bertz CT molecular complexity index is 1120. The lowest BCUT2D eigenvalue weighted by atomic mass is 10.0. The number of amides is 2. The fraction of sp³-hybridized carbons (Fsp3) is 0.458. The van der Waals surface area contributed by atoms with E-state index in [1.807, 2.05) is 6.07 Å². The van der Waals surface area contributed by atoms with E-state index < -0.39 is 5.92 Å². The van der Waals surface area contributed by atoms with Crippen molar-refractivity contribution in [3.63, 3.8) is 0 Å². The number of dihydropyridines is 1. The highest BCUT2D eigenvalue weighted by Gasteiger charge is 2.30. The number of anilines is 1. The van der Waals surface area contributed by atoms with E-state index >= 15 is 0 Å². The van der Waals surface area contributed by atoms with Crippen LogP contribution in [0.15, 0.2) is 39.6 Å². The molecule has 1 aromatic heterocycles. The molecule has 1 N–H and O–H groups in total. The van der Waals surface area contributed by atoms with Gasteiger partial charge in [-0.05, 0) is 38.8 Å². The van der Waals surface area contributed by atoms with Crippen LogP contribution in [0.2, 0.25) is 5.02 Å². The Hall–Kier alpha value is -2.84. The predicted octanol–water partition coefficient (Wildman–Crippen LogP) is 3.97. The molecule has 1 unspecified atom stereocenters. The van der Waals surface area contributed by atoms with E-state index in [9.17, 15) is 9.59 Å². The lowest BCUT2D eigenvalue weighted by Crippen LogP contribution is -2.40. The van der Waals surface area contributed by atoms with Crippen LogP contribution >= 0.6 is 11.6 Å². The number of rotatable bonds is 7. The van der Waals surface area contributed by atoms with Gasteiger partial charge >= 0.3 is 0 Å². The summed E-state index contributed by atoms with van der Waals surface area (Å²) in [6.07, 6.45) is 5.02. The molecule has 4 rings (SSSR count). The average Bonchev–Trinajstić information content (AvgIpc) is 3.27. The number of nitrogens with one attached hydrogen (secondary N) is 1. The summed E-state index contributed by atoms with van der Waals surface area (Å²) in [7, 11) is 1.50. The van der Waals surface area contributed by atoms with Gasteiger partial charge in [0.1, 0.15) is 17.3 Å². The van der Waals surface area contributed by atoms with Crippen molar-refractivity contribution < 1.29 is 23.5 Å². The van der Waals surface area contributed by atoms with Gasteiger partial charge in [-0.25, -0.2) is 4.99 Å². The van der Waals surface area contributed by atoms with Gasteiger partial charge in [-0.3, -0.25) is 9.59 Å². The minimum absolute atomic E-state index is 0.0471. The number of furan rings is 1. The van der Waals surface area contributed by atoms with Gasteiger partial charge in [-0.1, -0.05) is 11.6 Å². The molecule has 0 aliphatic carbocycles. The van der Waals surface area contributed by atoms with Gasteiger partial charge in [0.15, 0.2) is 0 Å². The van der Waals surface area contributed by atoms with E-state index in [4.69, 9.17) is 25.5 Å². The zero-order valence-corrected chi connectivity index (χ0v) is 19.8. The Balaban J connectivity index is 1.64. The van der Waals surface area contributed by atoms with E-state index in [2.05, 4.69) is 22.1 Å². The first-order valence-electron chi connectivity index (χ1n) is 11.1. The average molecular weight is 474 g/mol. The highest BCUT2D eigenvalue weighted by Crippen LogP contribution is 2.38. The van der Waals surface area contributed by atoms with Crippen molar-refractivity contribution in [2.24, 2.45) is 10.9 Å². The number of hydrogen-bond donors (Lipinski definition) is 1. The molecule has 2 aromatic rings. The summed E-state index contributed by atoms with van der Waals surface area (Å²) in [6.45, 7) is 5.96. The molecule has 1 saturated heterocycles. The summed E-state index contributed by atoms with van der Waals surface area (Å²) in [5.74, 6) is -0.945. The second-order valence-electron chi connectivity index (χ2n) is 8.15. The maximum absolute atomic E-state index is 13.3. The monoisotopic (exact) mass is 473 g/mol.